The number of ketones is 1. The Labute approximate surface area is 170 Å². The maximum absolute atomic E-state index is 13.1. The zero-order chi connectivity index (χ0) is 20.4. The van der Waals surface area contributed by atoms with Gasteiger partial charge >= 0.3 is 0 Å². The van der Waals surface area contributed by atoms with E-state index in [1.165, 1.54) is 6.92 Å². The monoisotopic (exact) mass is 436 g/mol. The first-order valence-corrected chi connectivity index (χ1v) is 9.35. The highest BCUT2D eigenvalue weighted by Crippen LogP contribution is 2.28. The third-order valence-corrected chi connectivity index (χ3v) is 5.30. The Balaban J connectivity index is 2.22. The van der Waals surface area contributed by atoms with E-state index in [-0.39, 0.29) is 23.2 Å². The summed E-state index contributed by atoms with van der Waals surface area (Å²) in [4.78, 5) is 25.9. The lowest BCUT2D eigenvalue weighted by Gasteiger charge is -2.16. The minimum absolute atomic E-state index is 0.0461. The summed E-state index contributed by atoms with van der Waals surface area (Å²) >= 11 is 3.34. The lowest BCUT2D eigenvalue weighted by atomic mass is 9.97. The molecular formula is C22H17BrN2O3. The highest BCUT2D eigenvalue weighted by atomic mass is 79.9. The van der Waals surface area contributed by atoms with Crippen LogP contribution in [0.5, 0.6) is 5.88 Å². The highest BCUT2D eigenvalue weighted by Gasteiger charge is 2.25. The molecule has 0 radical (unpaired) electrons. The summed E-state index contributed by atoms with van der Waals surface area (Å²) in [6, 6.07) is 16.1. The van der Waals surface area contributed by atoms with Crippen molar-refractivity contribution >= 4 is 21.7 Å². The van der Waals surface area contributed by atoms with E-state index >= 15 is 0 Å². The van der Waals surface area contributed by atoms with Gasteiger partial charge in [-0.15, -0.1) is 0 Å². The van der Waals surface area contributed by atoms with Crippen molar-refractivity contribution in [2.75, 3.05) is 0 Å². The van der Waals surface area contributed by atoms with Crippen LogP contribution in [0.15, 0.2) is 57.8 Å². The zero-order valence-electron chi connectivity index (χ0n) is 15.4. The van der Waals surface area contributed by atoms with Gasteiger partial charge in [-0.3, -0.25) is 14.2 Å². The fourth-order valence-corrected chi connectivity index (χ4v) is 3.49. The molecule has 2 aromatic carbocycles. The molecule has 0 saturated carbocycles. The van der Waals surface area contributed by atoms with Crippen LogP contribution in [-0.4, -0.2) is 15.5 Å². The van der Waals surface area contributed by atoms with Gasteiger partial charge < -0.3 is 5.11 Å². The molecule has 0 fully saturated rings. The van der Waals surface area contributed by atoms with Gasteiger partial charge in [-0.1, -0.05) is 57.9 Å². The molecule has 0 aliphatic rings. The van der Waals surface area contributed by atoms with Gasteiger partial charge in [0.05, 0.1) is 12.1 Å². The van der Waals surface area contributed by atoms with Gasteiger partial charge in [0.15, 0.2) is 5.78 Å². The molecule has 0 bridgehead atoms. The number of aromatic hydroxyl groups is 1. The quantitative estimate of drug-likeness (QED) is 0.624. The summed E-state index contributed by atoms with van der Waals surface area (Å²) in [6.07, 6.45) is 0. The molecule has 0 aliphatic heterocycles. The molecule has 0 amide bonds. The molecule has 1 N–H and O–H groups in total. The van der Waals surface area contributed by atoms with E-state index in [0.717, 1.165) is 15.7 Å². The van der Waals surface area contributed by atoms with E-state index in [1.807, 2.05) is 37.3 Å². The number of halogens is 1. The second-order valence-electron chi connectivity index (χ2n) is 6.50. The van der Waals surface area contributed by atoms with Crippen molar-refractivity contribution in [1.29, 1.82) is 5.26 Å². The SMILES string of the molecule is Cc1ccc(Cn2c(O)c(C(=O)c3ccccc3Br)c(C)c(C#N)c2=O)cc1. The normalized spacial score (nSPS) is 10.5. The molecule has 3 aromatic rings. The molecule has 0 unspecified atom stereocenters. The number of nitriles is 1. The first-order valence-electron chi connectivity index (χ1n) is 8.56. The molecule has 0 atom stereocenters. The molecule has 1 heterocycles. The minimum atomic E-state index is -0.623. The van der Waals surface area contributed by atoms with Crippen LogP contribution in [0, 0.1) is 25.2 Å². The Morgan fingerprint density at radius 3 is 2.39 bits per heavy atom. The van der Waals surface area contributed by atoms with E-state index in [1.54, 1.807) is 24.3 Å². The summed E-state index contributed by atoms with van der Waals surface area (Å²) in [5, 5.41) is 20.3. The fraction of sp³-hybridized carbons (Fsp3) is 0.136. The predicted molar refractivity (Wildman–Crippen MR) is 110 cm³/mol. The van der Waals surface area contributed by atoms with Crippen molar-refractivity contribution < 1.29 is 9.90 Å². The number of rotatable bonds is 4. The van der Waals surface area contributed by atoms with Crippen LogP contribution in [0.2, 0.25) is 0 Å². The molecule has 1 aromatic heterocycles. The molecule has 6 heteroatoms. The molecule has 0 aliphatic carbocycles. The zero-order valence-corrected chi connectivity index (χ0v) is 16.9. The first kappa shape index (κ1) is 19.6. The summed E-state index contributed by atoms with van der Waals surface area (Å²) < 4.78 is 1.63. The number of nitrogens with zero attached hydrogens (tertiary/aromatic N) is 2. The van der Waals surface area contributed by atoms with Crippen LogP contribution >= 0.6 is 15.9 Å². The number of carbonyl (C=O) groups is 1. The first-order chi connectivity index (χ1) is 13.3. The van der Waals surface area contributed by atoms with E-state index in [4.69, 9.17) is 0 Å². The van der Waals surface area contributed by atoms with Gasteiger partial charge in [0, 0.05) is 10.0 Å². The largest absolute Gasteiger partial charge is 0.494 e. The molecule has 0 spiro atoms. The van der Waals surface area contributed by atoms with E-state index in [2.05, 4.69) is 15.9 Å². The maximum Gasteiger partial charge on any atom is 0.271 e. The number of aryl methyl sites for hydroxylation is 1. The van der Waals surface area contributed by atoms with Crippen molar-refractivity contribution in [3.05, 3.63) is 96.7 Å². The van der Waals surface area contributed by atoms with E-state index < -0.39 is 17.2 Å². The molecule has 0 saturated heterocycles. The van der Waals surface area contributed by atoms with E-state index in [0.29, 0.717) is 10.0 Å². The van der Waals surface area contributed by atoms with Gasteiger partial charge in [-0.2, -0.15) is 5.26 Å². The molecule has 5 nitrogen and oxygen atoms in total. The number of pyridine rings is 1. The standard InChI is InChI=1S/C22H17BrN2O3/c1-13-7-9-15(10-8-13)12-25-21(27)17(11-24)14(2)19(22(25)28)20(26)16-5-3-4-6-18(16)23/h3-10,28H,12H2,1-2H3. The number of aromatic nitrogens is 1. The Kier molecular flexibility index (Phi) is 5.48. The van der Waals surface area contributed by atoms with Crippen LogP contribution in [0.25, 0.3) is 0 Å². The van der Waals surface area contributed by atoms with Gasteiger partial charge in [0.1, 0.15) is 11.6 Å². The van der Waals surface area contributed by atoms with E-state index in [9.17, 15) is 20.0 Å². The highest BCUT2D eigenvalue weighted by molar-refractivity contribution is 9.10. The molecular weight excluding hydrogens is 420 g/mol. The summed E-state index contributed by atoms with van der Waals surface area (Å²) in [7, 11) is 0. The third kappa shape index (κ3) is 3.49. The second-order valence-corrected chi connectivity index (χ2v) is 7.35. The lowest BCUT2D eigenvalue weighted by Crippen LogP contribution is -2.27. The topological polar surface area (TPSA) is 83.1 Å². The predicted octanol–water partition coefficient (Wildman–Crippen LogP) is 4.08. The number of carbonyl (C=O) groups excluding carboxylic acids is 1. The minimum Gasteiger partial charge on any atom is -0.494 e. The van der Waals surface area contributed by atoms with Gasteiger partial charge in [-0.25, -0.2) is 0 Å². The van der Waals surface area contributed by atoms with Gasteiger partial charge in [0.25, 0.3) is 5.56 Å². The van der Waals surface area contributed by atoms with Crippen molar-refractivity contribution in [3.63, 3.8) is 0 Å². The summed E-state index contributed by atoms with van der Waals surface area (Å²) in [6.45, 7) is 3.50. The summed E-state index contributed by atoms with van der Waals surface area (Å²) in [5.41, 5.74) is 1.52. The van der Waals surface area contributed by atoms with Crippen LogP contribution in [0.4, 0.5) is 0 Å². The molecule has 140 valence electrons. The average molecular weight is 437 g/mol. The maximum atomic E-state index is 13.1. The Morgan fingerprint density at radius 2 is 1.79 bits per heavy atom. The van der Waals surface area contributed by atoms with Crippen molar-refractivity contribution in [1.82, 2.24) is 4.57 Å². The number of hydrogen-bond donors (Lipinski definition) is 1. The van der Waals surface area contributed by atoms with Crippen LogP contribution in [0.1, 0.15) is 38.2 Å². The van der Waals surface area contributed by atoms with Gasteiger partial charge in [0.2, 0.25) is 5.88 Å². The summed E-state index contributed by atoms with van der Waals surface area (Å²) in [5.74, 6) is -0.903. The number of benzene rings is 2. The Morgan fingerprint density at radius 1 is 1.14 bits per heavy atom. The van der Waals surface area contributed by atoms with Gasteiger partial charge in [-0.05, 0) is 37.1 Å². The van der Waals surface area contributed by atoms with Crippen LogP contribution in [0.3, 0.4) is 0 Å². The Hall–Kier alpha value is -3.17. The average Bonchev–Trinajstić information content (AvgIpc) is 2.67. The third-order valence-electron chi connectivity index (χ3n) is 4.61. The number of hydrogen-bond acceptors (Lipinski definition) is 4. The fourth-order valence-electron chi connectivity index (χ4n) is 3.03. The van der Waals surface area contributed by atoms with Crippen LogP contribution in [-0.2, 0) is 6.54 Å². The molecule has 28 heavy (non-hydrogen) atoms. The Bertz CT molecular complexity index is 1170. The second kappa shape index (κ2) is 7.83. The van der Waals surface area contributed by atoms with Crippen molar-refractivity contribution in [3.8, 4) is 11.9 Å². The van der Waals surface area contributed by atoms with Crippen molar-refractivity contribution in [2.24, 2.45) is 0 Å². The van der Waals surface area contributed by atoms with Crippen molar-refractivity contribution in [2.45, 2.75) is 20.4 Å². The lowest BCUT2D eigenvalue weighted by molar-refractivity contribution is 0.103. The van der Waals surface area contributed by atoms with Crippen LogP contribution < -0.4 is 5.56 Å². The smallest absolute Gasteiger partial charge is 0.271 e. The molecule has 3 rings (SSSR count).